The maximum Gasteiger partial charge on any atom is 0.254 e. The Labute approximate surface area is 190 Å². The second-order valence-electron chi connectivity index (χ2n) is 8.42. The summed E-state index contributed by atoms with van der Waals surface area (Å²) in [6.07, 6.45) is 0. The summed E-state index contributed by atoms with van der Waals surface area (Å²) in [7, 11) is 1.51. The van der Waals surface area contributed by atoms with Crippen LogP contribution in [0.3, 0.4) is 0 Å². The van der Waals surface area contributed by atoms with Gasteiger partial charge in [0.05, 0.1) is 29.0 Å². The van der Waals surface area contributed by atoms with Gasteiger partial charge in [0.15, 0.2) is 28.9 Å². The zero-order chi connectivity index (χ0) is 22.9. The number of phenolic OH excluding ortho intramolecular Hbond substituents is 1. The number of rotatable bonds is 6. The van der Waals surface area contributed by atoms with E-state index in [0.717, 1.165) is 23.0 Å². The molecule has 2 aromatic carbocycles. The Kier molecular flexibility index (Phi) is 5.79. The van der Waals surface area contributed by atoms with Crippen molar-refractivity contribution in [2.45, 2.75) is 26.8 Å². The number of aromatic nitrogens is 2. The number of hydrogen-bond donors (Lipinski definition) is 4. The highest BCUT2D eigenvalue weighted by atomic mass is 32.1. The number of fused-ring (bicyclic) bond motifs is 1. The summed E-state index contributed by atoms with van der Waals surface area (Å²) in [5, 5.41) is 19.6. The highest BCUT2D eigenvalue weighted by Crippen LogP contribution is 2.42. The van der Waals surface area contributed by atoms with Crippen LogP contribution in [0.15, 0.2) is 36.4 Å². The number of phenols is 1. The van der Waals surface area contributed by atoms with Gasteiger partial charge in [0.1, 0.15) is 0 Å². The fraction of sp³-hybridized carbons (Fsp3) is 0.318. The molecule has 1 aromatic heterocycles. The number of carbonyl (C=O) groups excluding carboxylic acids is 1. The van der Waals surface area contributed by atoms with E-state index < -0.39 is 0 Å². The van der Waals surface area contributed by atoms with Gasteiger partial charge in [-0.25, -0.2) is 0 Å². The van der Waals surface area contributed by atoms with Gasteiger partial charge in [-0.15, -0.1) is 0 Å². The minimum absolute atomic E-state index is 0.118. The van der Waals surface area contributed by atoms with Gasteiger partial charge in [-0.05, 0) is 35.2 Å². The van der Waals surface area contributed by atoms with Gasteiger partial charge >= 0.3 is 0 Å². The lowest BCUT2D eigenvalue weighted by atomic mass is 9.82. The molecule has 0 saturated heterocycles. The van der Waals surface area contributed by atoms with Crippen molar-refractivity contribution in [3.05, 3.63) is 47.5 Å². The monoisotopic (exact) mass is 455 g/mol. The molecule has 32 heavy (non-hydrogen) atoms. The van der Waals surface area contributed by atoms with E-state index >= 15 is 0 Å². The molecule has 0 fully saturated rings. The Hall–Kier alpha value is -3.53. The third kappa shape index (κ3) is 4.26. The number of benzene rings is 2. The number of aromatic hydroxyl groups is 1. The molecule has 9 nitrogen and oxygen atoms in total. The Morgan fingerprint density at radius 3 is 2.62 bits per heavy atom. The van der Waals surface area contributed by atoms with Gasteiger partial charge in [-0.1, -0.05) is 32.9 Å². The Morgan fingerprint density at radius 1 is 1.12 bits per heavy atom. The van der Waals surface area contributed by atoms with Crippen molar-refractivity contribution in [3.63, 3.8) is 0 Å². The van der Waals surface area contributed by atoms with Crippen molar-refractivity contribution in [1.29, 1.82) is 0 Å². The summed E-state index contributed by atoms with van der Waals surface area (Å²) in [6, 6.07) is 10.7. The van der Waals surface area contributed by atoms with Crippen LogP contribution in [0, 0.1) is 5.41 Å². The molecule has 0 aliphatic carbocycles. The molecule has 2 heterocycles. The SMILES string of the molecule is CNC(=O)c1cccc(Nc2nsnc2N[C@@H](c2ccc3c(c2)OCO3)C(C)(C)C)c1O. The topological polar surface area (TPSA) is 118 Å². The summed E-state index contributed by atoms with van der Waals surface area (Å²) in [5.74, 6) is 1.90. The average Bonchev–Trinajstić information content (AvgIpc) is 3.40. The molecule has 4 rings (SSSR count). The van der Waals surface area contributed by atoms with Crippen LogP contribution in [0.25, 0.3) is 0 Å². The van der Waals surface area contributed by atoms with E-state index in [-0.39, 0.29) is 35.5 Å². The molecule has 10 heteroatoms. The molecule has 1 aliphatic heterocycles. The Bertz CT molecular complexity index is 1140. The predicted octanol–water partition coefficient (Wildman–Crippen LogP) is 4.27. The van der Waals surface area contributed by atoms with Crippen molar-refractivity contribution in [3.8, 4) is 17.2 Å². The zero-order valence-electron chi connectivity index (χ0n) is 18.2. The summed E-state index contributed by atoms with van der Waals surface area (Å²) in [5.41, 5.74) is 1.38. The van der Waals surface area contributed by atoms with Gasteiger partial charge < -0.3 is 30.5 Å². The van der Waals surface area contributed by atoms with Crippen LogP contribution >= 0.6 is 11.7 Å². The van der Waals surface area contributed by atoms with Crippen molar-refractivity contribution < 1.29 is 19.4 Å². The molecule has 1 atom stereocenters. The summed E-state index contributed by atoms with van der Waals surface area (Å²) in [6.45, 7) is 6.59. The summed E-state index contributed by atoms with van der Waals surface area (Å²) >= 11 is 1.04. The molecule has 0 saturated carbocycles. The molecule has 4 N–H and O–H groups in total. The zero-order valence-corrected chi connectivity index (χ0v) is 19.0. The molecule has 0 radical (unpaired) electrons. The van der Waals surface area contributed by atoms with Crippen molar-refractivity contribution >= 4 is 35.0 Å². The Balaban J connectivity index is 1.62. The molecule has 1 aliphatic rings. The number of anilines is 3. The van der Waals surface area contributed by atoms with Gasteiger partial charge in [0.2, 0.25) is 6.79 Å². The van der Waals surface area contributed by atoms with Gasteiger partial charge in [0, 0.05) is 7.05 Å². The predicted molar refractivity (Wildman–Crippen MR) is 123 cm³/mol. The standard InChI is InChI=1S/C22H25N5O4S/c1-22(2,3)18(12-8-9-15-16(10-12)31-11-30-15)25-20-19(26-32-27-20)24-14-7-5-6-13(17(14)28)21(29)23-4/h5-10,18,28H,11H2,1-4H3,(H,23,29)(H,24,26)(H,25,27)/t18-/m0/s1. The molecule has 168 valence electrons. The maximum atomic E-state index is 12.0. The number of para-hydroxylation sites is 1. The lowest BCUT2D eigenvalue weighted by Gasteiger charge is -2.32. The largest absolute Gasteiger partial charge is 0.505 e. The number of nitrogens with zero attached hydrogens (tertiary/aromatic N) is 2. The van der Waals surface area contributed by atoms with Crippen molar-refractivity contribution in [2.24, 2.45) is 5.41 Å². The Morgan fingerprint density at radius 2 is 1.88 bits per heavy atom. The van der Waals surface area contributed by atoms with E-state index in [9.17, 15) is 9.90 Å². The number of amides is 1. The van der Waals surface area contributed by atoms with Gasteiger partial charge in [-0.3, -0.25) is 4.79 Å². The molecule has 0 unspecified atom stereocenters. The quantitative estimate of drug-likeness (QED) is 0.407. The van der Waals surface area contributed by atoms with E-state index in [1.54, 1.807) is 18.2 Å². The molecule has 1 amide bonds. The van der Waals surface area contributed by atoms with E-state index in [4.69, 9.17) is 9.47 Å². The minimum atomic E-state index is -0.378. The molecule has 0 bridgehead atoms. The first-order chi connectivity index (χ1) is 15.3. The van der Waals surface area contributed by atoms with Gasteiger partial charge in [0.25, 0.3) is 5.91 Å². The molecule has 3 aromatic rings. The number of nitrogens with one attached hydrogen (secondary N) is 3. The molecule has 0 spiro atoms. The van der Waals surface area contributed by atoms with Gasteiger partial charge in [-0.2, -0.15) is 8.75 Å². The van der Waals surface area contributed by atoms with Crippen LogP contribution in [0.4, 0.5) is 17.3 Å². The first-order valence-electron chi connectivity index (χ1n) is 10.1. The van der Waals surface area contributed by atoms with Crippen molar-refractivity contribution in [1.82, 2.24) is 14.1 Å². The normalized spacial score (nSPS) is 13.5. The van der Waals surface area contributed by atoms with E-state index in [1.165, 1.54) is 7.05 Å². The smallest absolute Gasteiger partial charge is 0.254 e. The van der Waals surface area contributed by atoms with Crippen LogP contribution in [-0.4, -0.2) is 33.6 Å². The van der Waals surface area contributed by atoms with Crippen LogP contribution in [0.1, 0.15) is 42.7 Å². The van der Waals surface area contributed by atoms with Crippen LogP contribution < -0.4 is 25.4 Å². The van der Waals surface area contributed by atoms with Crippen LogP contribution in [0.2, 0.25) is 0 Å². The highest BCUT2D eigenvalue weighted by molar-refractivity contribution is 6.99. The van der Waals surface area contributed by atoms with E-state index in [2.05, 4.69) is 45.5 Å². The lowest BCUT2D eigenvalue weighted by Crippen LogP contribution is -2.26. The second kappa shape index (κ2) is 8.54. The first kappa shape index (κ1) is 21.7. The van der Waals surface area contributed by atoms with E-state index in [1.807, 2.05) is 18.2 Å². The highest BCUT2D eigenvalue weighted by Gasteiger charge is 2.30. The maximum absolute atomic E-state index is 12.0. The van der Waals surface area contributed by atoms with Crippen LogP contribution in [0.5, 0.6) is 17.2 Å². The summed E-state index contributed by atoms with van der Waals surface area (Å²) in [4.78, 5) is 12.0. The van der Waals surface area contributed by atoms with E-state index in [0.29, 0.717) is 23.1 Å². The first-order valence-corrected chi connectivity index (χ1v) is 10.8. The average molecular weight is 456 g/mol. The summed E-state index contributed by atoms with van der Waals surface area (Å²) < 4.78 is 19.7. The third-order valence-electron chi connectivity index (χ3n) is 5.13. The number of carbonyl (C=O) groups is 1. The lowest BCUT2D eigenvalue weighted by molar-refractivity contribution is 0.0960. The molecular weight excluding hydrogens is 430 g/mol. The van der Waals surface area contributed by atoms with Crippen molar-refractivity contribution in [2.75, 3.05) is 24.5 Å². The molecular formula is C22H25N5O4S. The second-order valence-corrected chi connectivity index (χ2v) is 8.95. The minimum Gasteiger partial charge on any atom is -0.505 e. The number of hydrogen-bond acceptors (Lipinski definition) is 9. The number of ether oxygens (including phenoxy) is 2. The third-order valence-corrected chi connectivity index (χ3v) is 5.65. The van der Waals surface area contributed by atoms with Crippen LogP contribution in [-0.2, 0) is 0 Å². The fourth-order valence-electron chi connectivity index (χ4n) is 3.48. The fourth-order valence-corrected chi connectivity index (χ4v) is 3.96.